The molecular weight excluding hydrogens is 484 g/mol. The average molecular weight is 517 g/mol. The van der Waals surface area contributed by atoms with Gasteiger partial charge in [-0.25, -0.2) is 0 Å². The number of hydrogen-bond donors (Lipinski definition) is 1. The van der Waals surface area contributed by atoms with E-state index >= 15 is 0 Å². The molecular formula is C30H32N2O6. The summed E-state index contributed by atoms with van der Waals surface area (Å²) in [6.45, 7) is 5.61. The first-order valence-corrected chi connectivity index (χ1v) is 12.6. The van der Waals surface area contributed by atoms with E-state index in [4.69, 9.17) is 18.9 Å². The van der Waals surface area contributed by atoms with E-state index in [0.717, 1.165) is 37.6 Å². The molecule has 1 N–H and O–H groups in total. The van der Waals surface area contributed by atoms with Gasteiger partial charge in [0.2, 0.25) is 5.78 Å². The van der Waals surface area contributed by atoms with Crippen LogP contribution < -0.4 is 23.8 Å². The largest absolute Gasteiger partial charge is 0.507 e. The molecule has 0 unspecified atom stereocenters. The van der Waals surface area contributed by atoms with Crippen LogP contribution in [0.5, 0.6) is 28.7 Å². The molecule has 0 atom stereocenters. The summed E-state index contributed by atoms with van der Waals surface area (Å²) in [4.78, 5) is 18.0. The molecule has 2 heterocycles. The molecule has 1 saturated heterocycles. The summed E-state index contributed by atoms with van der Waals surface area (Å²) < 4.78 is 22.3. The summed E-state index contributed by atoms with van der Waals surface area (Å²) in [5.41, 5.74) is 3.61. The molecule has 0 radical (unpaired) electrons. The molecule has 2 aliphatic heterocycles. The van der Waals surface area contributed by atoms with Gasteiger partial charge < -0.3 is 29.0 Å². The number of phenols is 1. The number of carbonyl (C=O) groups is 1. The number of rotatable bonds is 7. The topological polar surface area (TPSA) is 80.7 Å². The van der Waals surface area contributed by atoms with Gasteiger partial charge in [0.05, 0.1) is 32.5 Å². The molecule has 8 nitrogen and oxygen atoms in total. The Morgan fingerprint density at radius 2 is 1.71 bits per heavy atom. The lowest BCUT2D eigenvalue weighted by Gasteiger charge is -2.36. The molecule has 0 saturated carbocycles. The number of carbonyl (C=O) groups excluding carboxylic acids is 1. The molecule has 0 aromatic heterocycles. The SMILES string of the molecule is COc1ccc(N2CCN(Cc3c(O)cc(C)c4c3O/C(=C\c3cccc(OC)c3OC)C4=O)CC2)cc1. The zero-order valence-corrected chi connectivity index (χ0v) is 22.1. The highest BCUT2D eigenvalue weighted by molar-refractivity contribution is 6.16. The summed E-state index contributed by atoms with van der Waals surface area (Å²) in [6.07, 6.45) is 1.66. The minimum atomic E-state index is -0.215. The van der Waals surface area contributed by atoms with Crippen LogP contribution in [0.3, 0.4) is 0 Å². The van der Waals surface area contributed by atoms with Crippen LogP contribution in [0, 0.1) is 6.92 Å². The number of phenolic OH excluding ortho intramolecular Hbond substituents is 1. The van der Waals surface area contributed by atoms with E-state index in [1.54, 1.807) is 39.5 Å². The van der Waals surface area contributed by atoms with Crippen molar-refractivity contribution in [3.63, 3.8) is 0 Å². The maximum Gasteiger partial charge on any atom is 0.232 e. The number of benzene rings is 3. The predicted molar refractivity (Wildman–Crippen MR) is 146 cm³/mol. The number of ether oxygens (including phenoxy) is 4. The fourth-order valence-electron chi connectivity index (χ4n) is 5.08. The van der Waals surface area contributed by atoms with Crippen LogP contribution in [-0.2, 0) is 6.54 Å². The normalized spacial score (nSPS) is 16.4. The first kappa shape index (κ1) is 25.5. The van der Waals surface area contributed by atoms with Gasteiger partial charge in [-0.3, -0.25) is 9.69 Å². The summed E-state index contributed by atoms with van der Waals surface area (Å²) in [6, 6.07) is 15.2. The van der Waals surface area contributed by atoms with Crippen LogP contribution >= 0.6 is 0 Å². The summed E-state index contributed by atoms with van der Waals surface area (Å²) in [7, 11) is 4.79. The van der Waals surface area contributed by atoms with Gasteiger partial charge in [0, 0.05) is 44.0 Å². The number of anilines is 1. The zero-order chi connectivity index (χ0) is 26.8. The Balaban J connectivity index is 1.36. The molecule has 2 aliphatic rings. The third kappa shape index (κ3) is 4.75. The number of nitrogens with zero attached hydrogens (tertiary/aromatic N) is 2. The second-order valence-electron chi connectivity index (χ2n) is 9.38. The van der Waals surface area contributed by atoms with E-state index in [1.165, 1.54) is 0 Å². The second kappa shape index (κ2) is 10.7. The van der Waals surface area contributed by atoms with E-state index in [-0.39, 0.29) is 17.3 Å². The first-order valence-electron chi connectivity index (χ1n) is 12.6. The third-order valence-electron chi connectivity index (χ3n) is 7.13. The van der Waals surface area contributed by atoms with Gasteiger partial charge in [-0.15, -0.1) is 0 Å². The molecule has 5 rings (SSSR count). The fraction of sp³-hybridized carbons (Fsp3) is 0.300. The van der Waals surface area contributed by atoms with Crippen LogP contribution in [0.25, 0.3) is 6.08 Å². The van der Waals surface area contributed by atoms with Gasteiger partial charge in [-0.05, 0) is 55.0 Å². The van der Waals surface area contributed by atoms with E-state index in [1.807, 2.05) is 31.2 Å². The smallest absolute Gasteiger partial charge is 0.232 e. The van der Waals surface area contributed by atoms with Crippen molar-refractivity contribution in [3.8, 4) is 28.7 Å². The number of para-hydroxylation sites is 1. The van der Waals surface area contributed by atoms with Crippen LogP contribution in [0.2, 0.25) is 0 Å². The molecule has 3 aromatic rings. The number of piperazine rings is 1. The molecule has 0 bridgehead atoms. The van der Waals surface area contributed by atoms with E-state index in [2.05, 4.69) is 21.9 Å². The lowest BCUT2D eigenvalue weighted by Crippen LogP contribution is -2.46. The Hall–Kier alpha value is -4.17. The third-order valence-corrected chi connectivity index (χ3v) is 7.13. The maximum absolute atomic E-state index is 13.4. The lowest BCUT2D eigenvalue weighted by atomic mass is 9.99. The van der Waals surface area contributed by atoms with E-state index in [0.29, 0.717) is 46.0 Å². The maximum atomic E-state index is 13.4. The number of ketones is 1. The number of Topliss-reactive ketones (excluding diaryl/α,β-unsaturated/α-hetero) is 1. The van der Waals surface area contributed by atoms with Gasteiger partial charge in [-0.2, -0.15) is 0 Å². The monoisotopic (exact) mass is 516 g/mol. The molecule has 1 fully saturated rings. The van der Waals surface area contributed by atoms with Crippen molar-refractivity contribution < 1.29 is 28.8 Å². The van der Waals surface area contributed by atoms with Crippen LogP contribution in [0.15, 0.2) is 54.3 Å². The first-order chi connectivity index (χ1) is 18.4. The lowest BCUT2D eigenvalue weighted by molar-refractivity contribution is 0.101. The van der Waals surface area contributed by atoms with Crippen molar-refractivity contribution in [2.45, 2.75) is 13.5 Å². The number of aryl methyl sites for hydroxylation is 1. The highest BCUT2D eigenvalue weighted by atomic mass is 16.5. The average Bonchev–Trinajstić information content (AvgIpc) is 3.27. The van der Waals surface area contributed by atoms with Crippen molar-refractivity contribution in [1.82, 2.24) is 4.90 Å². The Kier molecular flexibility index (Phi) is 7.15. The highest BCUT2D eigenvalue weighted by Gasteiger charge is 2.34. The number of allylic oxidation sites excluding steroid dienone is 1. The van der Waals surface area contributed by atoms with Crippen molar-refractivity contribution in [2.24, 2.45) is 0 Å². The Labute approximate surface area is 222 Å². The summed E-state index contributed by atoms with van der Waals surface area (Å²) >= 11 is 0. The molecule has 3 aromatic carbocycles. The van der Waals surface area contributed by atoms with Gasteiger partial charge in [-0.1, -0.05) is 12.1 Å². The predicted octanol–water partition coefficient (Wildman–Crippen LogP) is 4.66. The van der Waals surface area contributed by atoms with Gasteiger partial charge >= 0.3 is 0 Å². The molecule has 0 aliphatic carbocycles. The van der Waals surface area contributed by atoms with Crippen LogP contribution in [0.1, 0.15) is 27.0 Å². The number of aromatic hydroxyl groups is 1. The van der Waals surface area contributed by atoms with Crippen LogP contribution in [-0.4, -0.2) is 63.3 Å². The van der Waals surface area contributed by atoms with Gasteiger partial charge in [0.1, 0.15) is 17.2 Å². The van der Waals surface area contributed by atoms with Gasteiger partial charge in [0.25, 0.3) is 0 Å². The van der Waals surface area contributed by atoms with E-state index in [9.17, 15) is 9.90 Å². The highest BCUT2D eigenvalue weighted by Crippen LogP contribution is 2.43. The second-order valence-corrected chi connectivity index (χ2v) is 9.38. The van der Waals surface area contributed by atoms with Crippen molar-refractivity contribution in [2.75, 3.05) is 52.4 Å². The summed E-state index contributed by atoms with van der Waals surface area (Å²) in [5, 5.41) is 10.9. The molecule has 38 heavy (non-hydrogen) atoms. The Morgan fingerprint density at radius 1 is 0.974 bits per heavy atom. The van der Waals surface area contributed by atoms with Crippen LogP contribution in [0.4, 0.5) is 5.69 Å². The minimum absolute atomic E-state index is 0.131. The minimum Gasteiger partial charge on any atom is -0.507 e. The van der Waals surface area contributed by atoms with Gasteiger partial charge in [0.15, 0.2) is 17.3 Å². The van der Waals surface area contributed by atoms with Crippen molar-refractivity contribution in [1.29, 1.82) is 0 Å². The molecule has 0 amide bonds. The van der Waals surface area contributed by atoms with E-state index < -0.39 is 0 Å². The Morgan fingerprint density at radius 3 is 2.37 bits per heavy atom. The Bertz CT molecular complexity index is 1370. The quantitative estimate of drug-likeness (QED) is 0.454. The number of methoxy groups -OCH3 is 3. The molecule has 8 heteroatoms. The molecule has 0 spiro atoms. The van der Waals surface area contributed by atoms with Crippen molar-refractivity contribution in [3.05, 3.63) is 76.5 Å². The standard InChI is InChI=1S/C30H32N2O6/c1-19-16-24(33)23(18-31-12-14-32(15-13-31)21-8-10-22(35-2)11-9-21)30-27(19)28(34)26(38-30)17-20-6-5-7-25(36-3)29(20)37-4/h5-11,16-17,33H,12-15,18H2,1-4H3/b26-17-. The zero-order valence-electron chi connectivity index (χ0n) is 22.1. The molecule has 198 valence electrons. The fourth-order valence-corrected chi connectivity index (χ4v) is 5.08. The number of fused-ring (bicyclic) bond motifs is 1. The number of hydrogen-bond acceptors (Lipinski definition) is 8. The summed E-state index contributed by atoms with van der Waals surface area (Å²) in [5.74, 6) is 2.45. The van der Waals surface area contributed by atoms with Crippen molar-refractivity contribution >= 4 is 17.5 Å².